The van der Waals surface area contributed by atoms with Gasteiger partial charge in [0.05, 0.1) is 17.5 Å². The molecule has 0 bridgehead atoms. The molecule has 0 spiro atoms. The third-order valence-electron chi connectivity index (χ3n) is 5.35. The van der Waals surface area contributed by atoms with E-state index in [0.717, 1.165) is 25.3 Å². The van der Waals surface area contributed by atoms with Crippen LogP contribution >= 0.6 is 24.0 Å². The van der Waals surface area contributed by atoms with Gasteiger partial charge in [-0.3, -0.25) is 9.79 Å². The van der Waals surface area contributed by atoms with E-state index >= 15 is 0 Å². The van der Waals surface area contributed by atoms with Gasteiger partial charge in [0.1, 0.15) is 0 Å². The van der Waals surface area contributed by atoms with E-state index in [4.69, 9.17) is 5.73 Å². The molecule has 164 valence electrons. The highest BCUT2D eigenvalue weighted by molar-refractivity contribution is 14.0. The number of hydrogen-bond acceptors (Lipinski definition) is 2. The number of benzene rings is 1. The Morgan fingerprint density at radius 2 is 1.90 bits per heavy atom. The first-order valence-corrected chi connectivity index (χ1v) is 9.50. The monoisotopic (exact) mass is 526 g/mol. The normalized spacial score (nSPS) is 16.4. The average molecular weight is 526 g/mol. The van der Waals surface area contributed by atoms with Crippen molar-refractivity contribution >= 4 is 35.8 Å². The van der Waals surface area contributed by atoms with Crippen molar-refractivity contribution < 1.29 is 18.0 Å². The maximum Gasteiger partial charge on any atom is 0.416 e. The Bertz CT molecular complexity index is 731. The van der Waals surface area contributed by atoms with E-state index in [1.54, 1.807) is 19.9 Å². The maximum absolute atomic E-state index is 13.1. The third-order valence-corrected chi connectivity index (χ3v) is 5.35. The van der Waals surface area contributed by atoms with Gasteiger partial charge in [0, 0.05) is 18.5 Å². The SMILES string of the molecule is CCNC(=NCC(C)(C)C(N)=O)NCC1(c2cccc(C(F)(F)F)c2)CCC1.I. The molecule has 1 aliphatic carbocycles. The molecule has 0 heterocycles. The Balaban J connectivity index is 0.00000420. The summed E-state index contributed by atoms with van der Waals surface area (Å²) in [5, 5.41) is 6.35. The van der Waals surface area contributed by atoms with E-state index in [0.29, 0.717) is 24.6 Å². The molecule has 1 aliphatic rings. The fourth-order valence-electron chi connectivity index (χ4n) is 3.15. The molecular weight excluding hydrogens is 496 g/mol. The number of amides is 1. The number of carbonyl (C=O) groups excluding carboxylic acids is 1. The van der Waals surface area contributed by atoms with Crippen LogP contribution in [-0.2, 0) is 16.4 Å². The highest BCUT2D eigenvalue weighted by atomic mass is 127. The predicted molar refractivity (Wildman–Crippen MR) is 119 cm³/mol. The Hall–Kier alpha value is -1.52. The summed E-state index contributed by atoms with van der Waals surface area (Å²) in [6, 6.07) is 5.57. The number of alkyl halides is 3. The number of primary amides is 1. The van der Waals surface area contributed by atoms with Gasteiger partial charge in [-0.25, -0.2) is 0 Å². The van der Waals surface area contributed by atoms with Crippen LogP contribution in [-0.4, -0.2) is 31.5 Å². The number of halogens is 4. The predicted octanol–water partition coefficient (Wildman–Crippen LogP) is 3.81. The van der Waals surface area contributed by atoms with Crippen LogP contribution in [0.4, 0.5) is 13.2 Å². The first kappa shape index (κ1) is 25.5. The summed E-state index contributed by atoms with van der Waals surface area (Å²) in [4.78, 5) is 15.9. The maximum atomic E-state index is 13.1. The van der Waals surface area contributed by atoms with Crippen LogP contribution in [0, 0.1) is 5.41 Å². The van der Waals surface area contributed by atoms with Crippen molar-refractivity contribution in [3.05, 3.63) is 35.4 Å². The van der Waals surface area contributed by atoms with Gasteiger partial charge in [0.15, 0.2) is 5.96 Å². The molecule has 1 saturated carbocycles. The van der Waals surface area contributed by atoms with Gasteiger partial charge >= 0.3 is 6.18 Å². The van der Waals surface area contributed by atoms with Gasteiger partial charge < -0.3 is 16.4 Å². The average Bonchev–Trinajstić information content (AvgIpc) is 2.58. The first-order valence-electron chi connectivity index (χ1n) is 9.50. The number of nitrogens with two attached hydrogens (primary N) is 1. The van der Waals surface area contributed by atoms with E-state index in [1.165, 1.54) is 12.1 Å². The van der Waals surface area contributed by atoms with Crippen LogP contribution in [0.15, 0.2) is 29.3 Å². The van der Waals surface area contributed by atoms with Crippen molar-refractivity contribution in [2.45, 2.75) is 51.6 Å². The lowest BCUT2D eigenvalue weighted by molar-refractivity contribution is -0.137. The summed E-state index contributed by atoms with van der Waals surface area (Å²) in [7, 11) is 0. The van der Waals surface area contributed by atoms with E-state index in [-0.39, 0.29) is 35.9 Å². The molecule has 0 radical (unpaired) electrons. The molecule has 0 aliphatic heterocycles. The number of nitrogens with one attached hydrogen (secondary N) is 2. The van der Waals surface area contributed by atoms with E-state index in [2.05, 4.69) is 15.6 Å². The van der Waals surface area contributed by atoms with E-state index in [1.807, 2.05) is 6.92 Å². The zero-order chi connectivity index (χ0) is 21.0. The fraction of sp³-hybridized carbons (Fsp3) is 0.600. The van der Waals surface area contributed by atoms with Gasteiger partial charge in [-0.1, -0.05) is 24.6 Å². The van der Waals surface area contributed by atoms with Crippen LogP contribution < -0.4 is 16.4 Å². The molecular formula is C20H30F3IN4O. The second kappa shape index (κ2) is 9.99. The lowest BCUT2D eigenvalue weighted by Gasteiger charge is -2.43. The van der Waals surface area contributed by atoms with Crippen LogP contribution in [0.3, 0.4) is 0 Å². The molecule has 1 aromatic rings. The zero-order valence-corrected chi connectivity index (χ0v) is 19.4. The molecule has 0 aromatic heterocycles. The number of nitrogens with zero attached hydrogens (tertiary/aromatic N) is 1. The Labute approximate surface area is 187 Å². The van der Waals surface area contributed by atoms with Crippen molar-refractivity contribution in [1.82, 2.24) is 10.6 Å². The standard InChI is InChI=1S/C20H29F3N4O.HI/c1-4-25-17(26-12-18(2,3)16(24)28)27-13-19(9-6-10-19)14-7-5-8-15(11-14)20(21,22)23;/h5,7-8,11H,4,6,9-10,12-13H2,1-3H3,(H2,24,28)(H2,25,26,27);1H. The van der Waals surface area contributed by atoms with Crippen molar-refractivity contribution in [1.29, 1.82) is 0 Å². The van der Waals surface area contributed by atoms with Crippen LogP contribution in [0.5, 0.6) is 0 Å². The fourth-order valence-corrected chi connectivity index (χ4v) is 3.15. The minimum atomic E-state index is -4.36. The van der Waals surface area contributed by atoms with Crippen LogP contribution in [0.25, 0.3) is 0 Å². The first-order chi connectivity index (χ1) is 13.0. The lowest BCUT2D eigenvalue weighted by Crippen LogP contribution is -2.49. The quantitative estimate of drug-likeness (QED) is 0.287. The summed E-state index contributed by atoms with van der Waals surface area (Å²) < 4.78 is 39.3. The van der Waals surface area contributed by atoms with Crippen molar-refractivity contribution in [2.75, 3.05) is 19.6 Å². The highest BCUT2D eigenvalue weighted by Crippen LogP contribution is 2.44. The second-order valence-electron chi connectivity index (χ2n) is 8.01. The largest absolute Gasteiger partial charge is 0.416 e. The molecule has 1 aromatic carbocycles. The Morgan fingerprint density at radius 1 is 1.24 bits per heavy atom. The highest BCUT2D eigenvalue weighted by Gasteiger charge is 2.40. The number of guanidine groups is 1. The summed E-state index contributed by atoms with van der Waals surface area (Å²) >= 11 is 0. The molecule has 9 heteroatoms. The summed E-state index contributed by atoms with van der Waals surface area (Å²) in [6.07, 6.45) is -1.76. The molecule has 1 fully saturated rings. The van der Waals surface area contributed by atoms with Crippen LogP contribution in [0.2, 0.25) is 0 Å². The van der Waals surface area contributed by atoms with E-state index < -0.39 is 23.1 Å². The summed E-state index contributed by atoms with van der Waals surface area (Å²) in [6.45, 7) is 6.67. The topological polar surface area (TPSA) is 79.5 Å². The minimum absolute atomic E-state index is 0. The van der Waals surface area contributed by atoms with Crippen molar-refractivity contribution in [2.24, 2.45) is 16.1 Å². The summed E-state index contributed by atoms with van der Waals surface area (Å²) in [5.41, 5.74) is 4.32. The smallest absolute Gasteiger partial charge is 0.369 e. The molecule has 29 heavy (non-hydrogen) atoms. The Morgan fingerprint density at radius 3 is 2.38 bits per heavy atom. The van der Waals surface area contributed by atoms with Gasteiger partial charge in [-0.15, -0.1) is 24.0 Å². The molecule has 4 N–H and O–H groups in total. The van der Waals surface area contributed by atoms with Crippen molar-refractivity contribution in [3.8, 4) is 0 Å². The van der Waals surface area contributed by atoms with Gasteiger partial charge in [-0.2, -0.15) is 13.2 Å². The molecule has 0 unspecified atom stereocenters. The molecule has 2 rings (SSSR count). The van der Waals surface area contributed by atoms with E-state index in [9.17, 15) is 18.0 Å². The second-order valence-corrected chi connectivity index (χ2v) is 8.01. The third kappa shape index (κ3) is 6.48. The van der Waals surface area contributed by atoms with Crippen LogP contribution in [0.1, 0.15) is 51.2 Å². The minimum Gasteiger partial charge on any atom is -0.369 e. The molecule has 1 amide bonds. The van der Waals surface area contributed by atoms with Gasteiger partial charge in [0.25, 0.3) is 0 Å². The number of hydrogen-bond donors (Lipinski definition) is 3. The number of aliphatic imine (C=N–C) groups is 1. The number of carbonyl (C=O) groups is 1. The Kier molecular flexibility index (Phi) is 8.79. The van der Waals surface area contributed by atoms with Crippen molar-refractivity contribution in [3.63, 3.8) is 0 Å². The molecule has 0 saturated heterocycles. The zero-order valence-electron chi connectivity index (χ0n) is 17.0. The number of rotatable bonds is 7. The van der Waals surface area contributed by atoms with Gasteiger partial charge in [-0.05, 0) is 45.2 Å². The molecule has 5 nitrogen and oxygen atoms in total. The summed E-state index contributed by atoms with van der Waals surface area (Å²) in [5.74, 6) is 0.0848. The lowest BCUT2D eigenvalue weighted by atomic mass is 9.64. The van der Waals surface area contributed by atoms with Gasteiger partial charge in [0.2, 0.25) is 5.91 Å². The molecule has 0 atom stereocenters.